The number of aryl methyl sites for hydroxylation is 2. The number of nitrogens with one attached hydrogen (secondary N) is 1. The topological polar surface area (TPSA) is 105 Å². The van der Waals surface area contributed by atoms with Crippen molar-refractivity contribution in [3.8, 4) is 0 Å². The zero-order valence-electron chi connectivity index (χ0n) is 14.7. The lowest BCUT2D eigenvalue weighted by atomic mass is 10.2. The summed E-state index contributed by atoms with van der Waals surface area (Å²) in [7, 11) is -1.13. The number of fused-ring (bicyclic) bond motifs is 3. The fraction of sp³-hybridized carbons (Fsp3) is 0.176. The minimum Gasteiger partial charge on any atom is -0.504 e. The van der Waals surface area contributed by atoms with Gasteiger partial charge in [-0.25, -0.2) is 8.42 Å². The van der Waals surface area contributed by atoms with E-state index in [2.05, 4.69) is 9.69 Å². The van der Waals surface area contributed by atoms with E-state index >= 15 is 0 Å². The lowest BCUT2D eigenvalue weighted by Crippen LogP contribution is -2.37. The Morgan fingerprint density at radius 2 is 1.96 bits per heavy atom. The number of rotatable bonds is 2. The smallest absolute Gasteiger partial charge is 0.278 e. The SMILES string of the molecule is Cc1cc(NC(=O)C2=C(O)c3c(c4ccccc4n3C)S(=O)(=O)N2C)ns1. The van der Waals surface area contributed by atoms with Gasteiger partial charge in [-0.05, 0) is 30.6 Å². The first-order valence-corrected chi connectivity index (χ1v) is 10.2. The number of hydrogen-bond acceptors (Lipinski definition) is 6. The summed E-state index contributed by atoms with van der Waals surface area (Å²) in [6, 6.07) is 8.61. The molecule has 0 unspecified atom stereocenters. The minimum atomic E-state index is -4.02. The fourth-order valence-electron chi connectivity index (χ4n) is 3.26. The summed E-state index contributed by atoms with van der Waals surface area (Å²) in [4.78, 5) is 13.6. The van der Waals surface area contributed by atoms with Crippen LogP contribution in [0.3, 0.4) is 0 Å². The second-order valence-electron chi connectivity index (χ2n) is 6.20. The van der Waals surface area contributed by atoms with Crippen molar-refractivity contribution in [2.75, 3.05) is 12.4 Å². The second kappa shape index (κ2) is 5.83. The maximum atomic E-state index is 13.1. The zero-order valence-corrected chi connectivity index (χ0v) is 16.3. The van der Waals surface area contributed by atoms with Gasteiger partial charge in [0.1, 0.15) is 16.4 Å². The molecule has 0 fully saturated rings. The van der Waals surface area contributed by atoms with Crippen molar-refractivity contribution < 1.29 is 18.3 Å². The van der Waals surface area contributed by atoms with Crippen molar-refractivity contribution in [2.45, 2.75) is 11.8 Å². The summed E-state index contributed by atoms with van der Waals surface area (Å²) in [5.74, 6) is -0.846. The van der Waals surface area contributed by atoms with Gasteiger partial charge in [0.25, 0.3) is 15.9 Å². The van der Waals surface area contributed by atoms with Crippen LogP contribution in [-0.4, -0.2) is 39.7 Å². The number of likely N-dealkylation sites (N-methyl/N-ethyl adjacent to an activating group) is 1. The van der Waals surface area contributed by atoms with E-state index in [1.165, 1.54) is 18.6 Å². The van der Waals surface area contributed by atoms with Gasteiger partial charge < -0.3 is 15.0 Å². The Hall–Kier alpha value is -2.85. The number of benzene rings is 1. The number of carbonyl (C=O) groups is 1. The molecule has 0 spiro atoms. The van der Waals surface area contributed by atoms with Gasteiger partial charge in [-0.3, -0.25) is 9.10 Å². The van der Waals surface area contributed by atoms with Crippen LogP contribution in [0.25, 0.3) is 16.7 Å². The highest BCUT2D eigenvalue weighted by Crippen LogP contribution is 2.40. The molecule has 0 atom stereocenters. The van der Waals surface area contributed by atoms with Crippen molar-refractivity contribution in [3.05, 3.63) is 46.6 Å². The second-order valence-corrected chi connectivity index (χ2v) is 9.12. The first-order valence-electron chi connectivity index (χ1n) is 7.98. The largest absolute Gasteiger partial charge is 0.504 e. The summed E-state index contributed by atoms with van der Waals surface area (Å²) in [5.41, 5.74) is 0.385. The molecule has 140 valence electrons. The van der Waals surface area contributed by atoms with Crippen LogP contribution in [-0.2, 0) is 21.9 Å². The number of aliphatic hydroxyl groups excluding tert-OH is 1. The number of amides is 1. The molecule has 8 nitrogen and oxygen atoms in total. The van der Waals surface area contributed by atoms with Gasteiger partial charge in [0.15, 0.2) is 11.5 Å². The number of hydrogen-bond donors (Lipinski definition) is 2. The molecule has 3 aromatic rings. The number of anilines is 1. The Labute approximate surface area is 159 Å². The molecule has 10 heteroatoms. The third-order valence-corrected chi connectivity index (χ3v) is 7.05. The summed E-state index contributed by atoms with van der Waals surface area (Å²) in [6.07, 6.45) is 0. The molecule has 2 N–H and O–H groups in total. The van der Waals surface area contributed by atoms with Crippen LogP contribution in [0.15, 0.2) is 40.9 Å². The Kier molecular flexibility index (Phi) is 3.79. The summed E-state index contributed by atoms with van der Waals surface area (Å²) in [6.45, 7) is 1.84. The van der Waals surface area contributed by atoms with E-state index in [0.717, 1.165) is 9.18 Å². The molecule has 1 aliphatic heterocycles. The normalized spacial score (nSPS) is 15.9. The van der Waals surface area contributed by atoms with Gasteiger partial charge >= 0.3 is 0 Å². The Balaban J connectivity index is 1.94. The van der Waals surface area contributed by atoms with Crippen molar-refractivity contribution in [3.63, 3.8) is 0 Å². The van der Waals surface area contributed by atoms with Crippen LogP contribution in [0.5, 0.6) is 0 Å². The first kappa shape index (κ1) is 17.6. The Bertz CT molecular complexity index is 1240. The minimum absolute atomic E-state index is 0.0124. The van der Waals surface area contributed by atoms with E-state index in [-0.39, 0.29) is 16.3 Å². The molecule has 1 amide bonds. The molecular weight excluding hydrogens is 388 g/mol. The van der Waals surface area contributed by atoms with Gasteiger partial charge in [-0.2, -0.15) is 4.37 Å². The molecule has 0 radical (unpaired) electrons. The molecule has 0 aliphatic carbocycles. The van der Waals surface area contributed by atoms with E-state index in [9.17, 15) is 18.3 Å². The predicted octanol–water partition coefficient (Wildman–Crippen LogP) is 2.44. The molecule has 3 heterocycles. The Morgan fingerprint density at radius 3 is 2.63 bits per heavy atom. The zero-order chi connectivity index (χ0) is 19.5. The van der Waals surface area contributed by atoms with Crippen LogP contribution < -0.4 is 5.32 Å². The van der Waals surface area contributed by atoms with Crippen molar-refractivity contribution in [1.29, 1.82) is 0 Å². The van der Waals surface area contributed by atoms with Crippen LogP contribution >= 0.6 is 11.5 Å². The van der Waals surface area contributed by atoms with Gasteiger partial charge in [-0.15, -0.1) is 0 Å². The average molecular weight is 404 g/mol. The molecule has 0 bridgehead atoms. The standard InChI is InChI=1S/C17H16N4O4S2/c1-9-8-12(19-26-9)18-17(23)14-15(22)13-16(27(24,25)21(14)3)10-6-4-5-7-11(10)20(13)2/h4-8,22H,1-3H3,(H,18,19,23). The van der Waals surface area contributed by atoms with Gasteiger partial charge in [-0.1, -0.05) is 18.2 Å². The van der Waals surface area contributed by atoms with Crippen LogP contribution in [0.1, 0.15) is 10.6 Å². The number of aliphatic hydroxyl groups is 1. The molecule has 27 heavy (non-hydrogen) atoms. The van der Waals surface area contributed by atoms with Crippen LogP contribution in [0.4, 0.5) is 5.82 Å². The van der Waals surface area contributed by atoms with E-state index in [0.29, 0.717) is 16.7 Å². The molecule has 0 saturated heterocycles. The number of aromatic nitrogens is 2. The highest BCUT2D eigenvalue weighted by atomic mass is 32.2. The van der Waals surface area contributed by atoms with E-state index < -0.39 is 21.7 Å². The van der Waals surface area contributed by atoms with E-state index in [4.69, 9.17) is 0 Å². The highest BCUT2D eigenvalue weighted by molar-refractivity contribution is 7.89. The highest BCUT2D eigenvalue weighted by Gasteiger charge is 2.41. The lowest BCUT2D eigenvalue weighted by molar-refractivity contribution is -0.113. The summed E-state index contributed by atoms with van der Waals surface area (Å²) < 4.78 is 32.7. The number of nitrogens with zero attached hydrogens (tertiary/aromatic N) is 3. The average Bonchev–Trinajstić information content (AvgIpc) is 3.15. The monoisotopic (exact) mass is 404 g/mol. The van der Waals surface area contributed by atoms with Crippen LogP contribution in [0.2, 0.25) is 0 Å². The Morgan fingerprint density at radius 1 is 1.26 bits per heavy atom. The predicted molar refractivity (Wildman–Crippen MR) is 103 cm³/mol. The third-order valence-electron chi connectivity index (χ3n) is 4.53. The summed E-state index contributed by atoms with van der Waals surface area (Å²) >= 11 is 1.21. The van der Waals surface area contributed by atoms with Gasteiger partial charge in [0.2, 0.25) is 0 Å². The number of sulfonamides is 1. The van der Waals surface area contributed by atoms with Gasteiger partial charge in [0.05, 0.1) is 0 Å². The maximum absolute atomic E-state index is 13.1. The number of para-hydroxylation sites is 1. The first-order chi connectivity index (χ1) is 12.7. The molecule has 1 aromatic carbocycles. The molecular formula is C17H16N4O4S2. The quantitative estimate of drug-likeness (QED) is 0.683. The van der Waals surface area contributed by atoms with Gasteiger partial charge in [0, 0.05) is 29.9 Å². The third kappa shape index (κ3) is 2.44. The van der Waals surface area contributed by atoms with Crippen molar-refractivity contribution >= 4 is 49.9 Å². The van der Waals surface area contributed by atoms with E-state index in [1.54, 1.807) is 41.9 Å². The molecule has 0 saturated carbocycles. The van der Waals surface area contributed by atoms with Crippen molar-refractivity contribution in [1.82, 2.24) is 13.2 Å². The van der Waals surface area contributed by atoms with Crippen LogP contribution in [0, 0.1) is 6.92 Å². The fourth-order valence-corrected chi connectivity index (χ4v) is 5.37. The maximum Gasteiger partial charge on any atom is 0.278 e. The number of carbonyl (C=O) groups excluding carboxylic acids is 1. The molecule has 2 aromatic heterocycles. The molecule has 1 aliphatic rings. The lowest BCUT2D eigenvalue weighted by Gasteiger charge is -2.27. The summed E-state index contributed by atoms with van der Waals surface area (Å²) in [5, 5.41) is 13.9. The molecule has 4 rings (SSSR count). The van der Waals surface area contributed by atoms with E-state index in [1.807, 2.05) is 6.92 Å². The van der Waals surface area contributed by atoms with Crippen molar-refractivity contribution in [2.24, 2.45) is 7.05 Å².